The fourth-order valence-electron chi connectivity index (χ4n) is 3.71. The van der Waals surface area contributed by atoms with Crippen molar-refractivity contribution in [2.45, 2.75) is 20.4 Å². The number of aromatic nitrogens is 2. The van der Waals surface area contributed by atoms with Crippen LogP contribution in [0.2, 0.25) is 0 Å². The Morgan fingerprint density at radius 3 is 2.67 bits per heavy atom. The lowest BCUT2D eigenvalue weighted by Crippen LogP contribution is -2.28. The molecule has 1 aliphatic rings. The number of hydrogen-bond donors (Lipinski definition) is 3. The fraction of sp³-hybridized carbons (Fsp3) is 0.200. The number of nitrogens with one attached hydrogen (secondary N) is 3. The molecule has 0 unspecified atom stereocenters. The summed E-state index contributed by atoms with van der Waals surface area (Å²) in [4.78, 5) is 23.2. The standard InChI is InChI=1S/C25H25N7O/c1-3-32-21-12-8-7-11-20(21)29-24(32)19(13-26)23-17(2)14-28-25(31-23)30-22(33)16-27-15-18-9-5-4-6-10-18/h4-12,14,27,29H,3,15-16H2,1-2H3,(H,28,30,31,33)/b24-19+. The minimum absolute atomic E-state index is 0.119. The maximum absolute atomic E-state index is 12.4. The van der Waals surface area contributed by atoms with Gasteiger partial charge in [-0.15, -0.1) is 0 Å². The Hall–Kier alpha value is -4.22. The van der Waals surface area contributed by atoms with Crippen LogP contribution >= 0.6 is 0 Å². The van der Waals surface area contributed by atoms with E-state index >= 15 is 0 Å². The van der Waals surface area contributed by atoms with E-state index in [0.717, 1.165) is 22.5 Å². The zero-order valence-corrected chi connectivity index (χ0v) is 18.6. The van der Waals surface area contributed by atoms with Gasteiger partial charge in [0.05, 0.1) is 23.6 Å². The van der Waals surface area contributed by atoms with Crippen LogP contribution < -0.4 is 20.9 Å². The maximum atomic E-state index is 12.4. The number of benzene rings is 2. The molecule has 3 aromatic rings. The van der Waals surface area contributed by atoms with Crippen LogP contribution in [0.1, 0.15) is 23.7 Å². The summed E-state index contributed by atoms with van der Waals surface area (Å²) in [6.45, 7) is 5.26. The van der Waals surface area contributed by atoms with Crippen LogP contribution in [0.15, 0.2) is 66.6 Å². The summed E-state index contributed by atoms with van der Waals surface area (Å²) in [5.41, 5.74) is 4.65. The molecular weight excluding hydrogens is 414 g/mol. The first-order valence-electron chi connectivity index (χ1n) is 10.8. The van der Waals surface area contributed by atoms with Crippen molar-refractivity contribution < 1.29 is 4.79 Å². The zero-order valence-electron chi connectivity index (χ0n) is 18.6. The molecule has 8 nitrogen and oxygen atoms in total. The highest BCUT2D eigenvalue weighted by atomic mass is 16.2. The lowest BCUT2D eigenvalue weighted by atomic mass is 10.1. The number of allylic oxidation sites excluding steroid dienone is 1. The van der Waals surface area contributed by atoms with Gasteiger partial charge in [-0.1, -0.05) is 42.5 Å². The van der Waals surface area contributed by atoms with Crippen LogP contribution in [0.25, 0.3) is 5.57 Å². The molecule has 0 radical (unpaired) electrons. The van der Waals surface area contributed by atoms with Crippen molar-refractivity contribution in [3.05, 3.63) is 83.4 Å². The SMILES string of the molecule is CCN1/C(=C(\C#N)c2nc(NC(=O)CNCc3ccccc3)ncc2C)Nc2ccccc21. The van der Waals surface area contributed by atoms with E-state index in [9.17, 15) is 10.1 Å². The van der Waals surface area contributed by atoms with Crippen molar-refractivity contribution >= 4 is 28.8 Å². The van der Waals surface area contributed by atoms with Gasteiger partial charge in [-0.3, -0.25) is 10.1 Å². The highest BCUT2D eigenvalue weighted by molar-refractivity contribution is 5.93. The molecule has 0 atom stereocenters. The van der Waals surface area contributed by atoms with Gasteiger partial charge in [0.1, 0.15) is 17.5 Å². The average molecular weight is 440 g/mol. The van der Waals surface area contributed by atoms with E-state index in [1.807, 2.05) is 73.3 Å². The highest BCUT2D eigenvalue weighted by Gasteiger charge is 2.27. The fourth-order valence-corrected chi connectivity index (χ4v) is 3.71. The molecule has 1 aromatic heterocycles. The monoisotopic (exact) mass is 439 g/mol. The first-order chi connectivity index (χ1) is 16.1. The molecule has 0 bridgehead atoms. The lowest BCUT2D eigenvalue weighted by Gasteiger charge is -2.19. The molecule has 1 amide bonds. The number of fused-ring (bicyclic) bond motifs is 1. The molecule has 0 fully saturated rings. The van der Waals surface area contributed by atoms with Gasteiger partial charge in [0.15, 0.2) is 0 Å². The summed E-state index contributed by atoms with van der Waals surface area (Å²) >= 11 is 0. The summed E-state index contributed by atoms with van der Waals surface area (Å²) < 4.78 is 0. The van der Waals surface area contributed by atoms with Crippen molar-refractivity contribution in [2.75, 3.05) is 28.6 Å². The number of para-hydroxylation sites is 2. The van der Waals surface area contributed by atoms with Gasteiger partial charge >= 0.3 is 0 Å². The Morgan fingerprint density at radius 1 is 1.15 bits per heavy atom. The van der Waals surface area contributed by atoms with Gasteiger partial charge in [0, 0.05) is 19.3 Å². The number of carbonyl (C=O) groups excluding carboxylic acids is 1. The second-order valence-corrected chi connectivity index (χ2v) is 7.58. The molecule has 2 aromatic carbocycles. The summed E-state index contributed by atoms with van der Waals surface area (Å²) in [5.74, 6) is 0.576. The Balaban J connectivity index is 1.52. The van der Waals surface area contributed by atoms with Crippen LogP contribution in [-0.2, 0) is 11.3 Å². The molecule has 0 spiro atoms. The first-order valence-corrected chi connectivity index (χ1v) is 10.8. The van der Waals surface area contributed by atoms with Gasteiger partial charge in [0.25, 0.3) is 0 Å². The van der Waals surface area contributed by atoms with Gasteiger partial charge in [0.2, 0.25) is 11.9 Å². The zero-order chi connectivity index (χ0) is 23.2. The predicted molar refractivity (Wildman–Crippen MR) is 129 cm³/mol. The molecule has 3 N–H and O–H groups in total. The summed E-state index contributed by atoms with van der Waals surface area (Å²) in [6, 6.07) is 20.0. The topological polar surface area (TPSA) is 106 Å². The number of nitrogens with zero attached hydrogens (tertiary/aromatic N) is 4. The van der Waals surface area contributed by atoms with Crippen LogP contribution in [0, 0.1) is 18.3 Å². The summed E-state index contributed by atoms with van der Waals surface area (Å²) in [6.07, 6.45) is 1.62. The van der Waals surface area contributed by atoms with E-state index in [0.29, 0.717) is 30.2 Å². The number of hydrogen-bond acceptors (Lipinski definition) is 7. The Labute approximate surface area is 193 Å². The largest absolute Gasteiger partial charge is 0.339 e. The minimum atomic E-state index is -0.256. The third kappa shape index (κ3) is 4.84. The maximum Gasteiger partial charge on any atom is 0.240 e. The van der Waals surface area contributed by atoms with Crippen LogP contribution in [0.3, 0.4) is 0 Å². The number of amides is 1. The van der Waals surface area contributed by atoms with Crippen LogP contribution in [0.5, 0.6) is 0 Å². The van der Waals surface area contributed by atoms with E-state index < -0.39 is 0 Å². The molecule has 4 rings (SSSR count). The lowest BCUT2D eigenvalue weighted by molar-refractivity contribution is -0.115. The van der Waals surface area contributed by atoms with Gasteiger partial charge in [-0.05, 0) is 37.1 Å². The molecule has 1 aliphatic heterocycles. The predicted octanol–water partition coefficient (Wildman–Crippen LogP) is 3.66. The van der Waals surface area contributed by atoms with Gasteiger partial charge in [-0.25, -0.2) is 9.97 Å². The Kier molecular flexibility index (Phi) is 6.62. The Bertz CT molecular complexity index is 1230. The number of rotatable bonds is 7. The number of anilines is 3. The normalized spacial score (nSPS) is 13.7. The van der Waals surface area contributed by atoms with E-state index in [-0.39, 0.29) is 18.4 Å². The first kappa shape index (κ1) is 22.0. The molecule has 33 heavy (non-hydrogen) atoms. The molecular formula is C25H25N7O. The van der Waals surface area contributed by atoms with Crippen LogP contribution in [0.4, 0.5) is 17.3 Å². The van der Waals surface area contributed by atoms with E-state index in [4.69, 9.17) is 0 Å². The van der Waals surface area contributed by atoms with E-state index in [1.165, 1.54) is 0 Å². The second-order valence-electron chi connectivity index (χ2n) is 7.58. The summed E-state index contributed by atoms with van der Waals surface area (Å²) in [5, 5.41) is 19.2. The van der Waals surface area contributed by atoms with E-state index in [1.54, 1.807) is 6.20 Å². The quantitative estimate of drug-likeness (QED) is 0.483. The van der Waals surface area contributed by atoms with Crippen molar-refractivity contribution in [3.8, 4) is 6.07 Å². The minimum Gasteiger partial charge on any atom is -0.339 e. The molecule has 0 saturated heterocycles. The van der Waals surface area contributed by atoms with Crippen molar-refractivity contribution in [1.29, 1.82) is 5.26 Å². The number of nitriles is 1. The molecule has 166 valence electrons. The van der Waals surface area contributed by atoms with Crippen LogP contribution in [-0.4, -0.2) is 29.0 Å². The number of carbonyl (C=O) groups is 1. The Morgan fingerprint density at radius 2 is 1.91 bits per heavy atom. The second kappa shape index (κ2) is 9.94. The molecule has 2 heterocycles. The van der Waals surface area contributed by atoms with E-state index in [2.05, 4.69) is 32.0 Å². The van der Waals surface area contributed by atoms with Crippen molar-refractivity contribution in [2.24, 2.45) is 0 Å². The number of aryl methyl sites for hydroxylation is 1. The third-order valence-electron chi connectivity index (χ3n) is 5.30. The third-order valence-corrected chi connectivity index (χ3v) is 5.30. The molecule has 0 saturated carbocycles. The summed E-state index contributed by atoms with van der Waals surface area (Å²) in [7, 11) is 0. The van der Waals surface area contributed by atoms with Gasteiger partial charge in [-0.2, -0.15) is 5.26 Å². The average Bonchev–Trinajstić information content (AvgIpc) is 3.20. The molecule has 0 aliphatic carbocycles. The molecule has 8 heteroatoms. The van der Waals surface area contributed by atoms with Crippen molar-refractivity contribution in [3.63, 3.8) is 0 Å². The highest BCUT2D eigenvalue weighted by Crippen LogP contribution is 2.38. The van der Waals surface area contributed by atoms with Gasteiger partial charge < -0.3 is 15.5 Å². The smallest absolute Gasteiger partial charge is 0.240 e. The van der Waals surface area contributed by atoms with Crippen molar-refractivity contribution in [1.82, 2.24) is 15.3 Å².